The summed E-state index contributed by atoms with van der Waals surface area (Å²) in [6, 6.07) is 4.03. The molecule has 2 aromatic rings. The fourth-order valence-corrected chi connectivity index (χ4v) is 3.99. The topological polar surface area (TPSA) is 83.0 Å². The number of aromatic nitrogens is 3. The number of carbonyl (C=O) groups excluding carboxylic acids is 1. The quantitative estimate of drug-likeness (QED) is 0.773. The van der Waals surface area contributed by atoms with Gasteiger partial charge in [-0.3, -0.25) is 14.7 Å². The lowest BCUT2D eigenvalue weighted by Crippen LogP contribution is -2.42. The molecule has 1 amide bonds. The lowest BCUT2D eigenvalue weighted by molar-refractivity contribution is -0.125. The van der Waals surface area contributed by atoms with Gasteiger partial charge in [0, 0.05) is 44.0 Å². The molecule has 26 heavy (non-hydrogen) atoms. The molecule has 1 aliphatic heterocycles. The summed E-state index contributed by atoms with van der Waals surface area (Å²) >= 11 is 1.59. The van der Waals surface area contributed by atoms with Crippen molar-refractivity contribution in [1.82, 2.24) is 25.4 Å². The number of likely N-dealkylation sites (N-methyl/N-ethyl adjacent to an activating group) is 1. The number of amides is 1. The Kier molecular flexibility index (Phi) is 6.16. The maximum atomic E-state index is 12.5. The van der Waals surface area contributed by atoms with Gasteiger partial charge in [0.25, 0.3) is 0 Å². The second kappa shape index (κ2) is 8.55. The first kappa shape index (κ1) is 18.7. The zero-order valence-corrected chi connectivity index (χ0v) is 16.3. The van der Waals surface area contributed by atoms with Gasteiger partial charge in [-0.25, -0.2) is 0 Å². The Morgan fingerprint density at radius 1 is 1.35 bits per heavy atom. The number of pyridine rings is 1. The molecule has 1 saturated heterocycles. The van der Waals surface area contributed by atoms with Crippen LogP contribution < -0.4 is 10.6 Å². The van der Waals surface area contributed by atoms with Crippen molar-refractivity contribution in [2.24, 2.45) is 0 Å². The molecule has 0 radical (unpaired) electrons. The van der Waals surface area contributed by atoms with Crippen LogP contribution in [0.15, 0.2) is 24.5 Å². The number of nitrogens with one attached hydrogen (secondary N) is 2. The van der Waals surface area contributed by atoms with Gasteiger partial charge in [0.2, 0.25) is 11.0 Å². The fourth-order valence-electron chi connectivity index (χ4n) is 3.17. The lowest BCUT2D eigenvalue weighted by Gasteiger charge is -2.23. The molecule has 0 spiro atoms. The molecule has 7 nitrogen and oxygen atoms in total. The summed E-state index contributed by atoms with van der Waals surface area (Å²) in [5.41, 5.74) is 1.16. The first-order valence-electron chi connectivity index (χ1n) is 9.07. The third-order valence-electron chi connectivity index (χ3n) is 4.45. The molecule has 2 N–H and O–H groups in total. The molecular formula is C18H26N6OS. The zero-order valence-electron chi connectivity index (χ0n) is 15.5. The monoisotopic (exact) mass is 374 g/mol. The average Bonchev–Trinajstić information content (AvgIpc) is 3.24. The third kappa shape index (κ3) is 4.56. The van der Waals surface area contributed by atoms with E-state index in [4.69, 9.17) is 0 Å². The van der Waals surface area contributed by atoms with E-state index in [-0.39, 0.29) is 18.0 Å². The Labute approximate surface area is 158 Å². The zero-order chi connectivity index (χ0) is 18.5. The summed E-state index contributed by atoms with van der Waals surface area (Å²) in [7, 11) is 0. The second-order valence-electron chi connectivity index (χ2n) is 6.87. The molecule has 1 aliphatic rings. The Morgan fingerprint density at radius 2 is 2.12 bits per heavy atom. The van der Waals surface area contributed by atoms with Crippen molar-refractivity contribution in [3.05, 3.63) is 35.1 Å². The van der Waals surface area contributed by atoms with Crippen LogP contribution >= 0.6 is 11.3 Å². The van der Waals surface area contributed by atoms with E-state index in [0.717, 1.165) is 35.2 Å². The first-order chi connectivity index (χ1) is 12.6. The van der Waals surface area contributed by atoms with E-state index in [1.54, 1.807) is 23.7 Å². The van der Waals surface area contributed by atoms with E-state index in [0.29, 0.717) is 12.5 Å². The van der Waals surface area contributed by atoms with Crippen molar-refractivity contribution in [2.75, 3.05) is 18.4 Å². The second-order valence-corrected chi connectivity index (χ2v) is 7.88. The van der Waals surface area contributed by atoms with Crippen molar-refractivity contribution >= 4 is 22.4 Å². The molecule has 3 rings (SSSR count). The van der Waals surface area contributed by atoms with Gasteiger partial charge in [0.1, 0.15) is 5.01 Å². The van der Waals surface area contributed by atoms with Crippen LogP contribution in [0, 0.1) is 0 Å². The van der Waals surface area contributed by atoms with Crippen molar-refractivity contribution < 1.29 is 4.79 Å². The highest BCUT2D eigenvalue weighted by atomic mass is 32.1. The molecule has 0 bridgehead atoms. The van der Waals surface area contributed by atoms with Gasteiger partial charge in [-0.05, 0) is 31.0 Å². The van der Waals surface area contributed by atoms with E-state index >= 15 is 0 Å². The molecule has 0 aliphatic carbocycles. The standard InChI is InChI=1S/C18H26N6OS/c1-4-20-16(25)15-9-14(21-18-23-22-17(26-18)12(2)3)11-24(15)10-13-5-7-19-8-6-13/h5-8,12,14-15H,4,9-11H2,1-3H3,(H,20,25)(H,21,23)/t14-,15-/m0/s1. The van der Waals surface area contributed by atoms with Gasteiger partial charge in [0.05, 0.1) is 6.04 Å². The van der Waals surface area contributed by atoms with Crippen molar-refractivity contribution in [3.8, 4) is 0 Å². The highest BCUT2D eigenvalue weighted by Gasteiger charge is 2.36. The van der Waals surface area contributed by atoms with Crippen LogP contribution in [-0.4, -0.2) is 51.2 Å². The summed E-state index contributed by atoms with van der Waals surface area (Å²) in [6.45, 7) is 8.34. The summed E-state index contributed by atoms with van der Waals surface area (Å²) in [6.07, 6.45) is 4.33. The Morgan fingerprint density at radius 3 is 2.77 bits per heavy atom. The minimum Gasteiger partial charge on any atom is -0.356 e. The van der Waals surface area contributed by atoms with Crippen LogP contribution in [0.3, 0.4) is 0 Å². The van der Waals surface area contributed by atoms with Crippen molar-refractivity contribution in [2.45, 2.75) is 51.7 Å². The minimum absolute atomic E-state index is 0.0889. The molecule has 2 atom stereocenters. The first-order valence-corrected chi connectivity index (χ1v) is 9.89. The van der Waals surface area contributed by atoms with Crippen LogP contribution in [-0.2, 0) is 11.3 Å². The van der Waals surface area contributed by atoms with Gasteiger partial charge < -0.3 is 10.6 Å². The van der Waals surface area contributed by atoms with Gasteiger partial charge in [-0.1, -0.05) is 25.2 Å². The van der Waals surface area contributed by atoms with Gasteiger partial charge in [-0.2, -0.15) is 0 Å². The Balaban J connectivity index is 1.69. The molecule has 0 unspecified atom stereocenters. The highest BCUT2D eigenvalue weighted by Crippen LogP contribution is 2.27. The largest absolute Gasteiger partial charge is 0.356 e. The lowest BCUT2D eigenvalue weighted by atomic mass is 10.1. The number of rotatable bonds is 7. The van der Waals surface area contributed by atoms with Crippen LogP contribution in [0.4, 0.5) is 5.13 Å². The highest BCUT2D eigenvalue weighted by molar-refractivity contribution is 7.15. The van der Waals surface area contributed by atoms with E-state index in [1.165, 1.54) is 0 Å². The fraction of sp³-hybridized carbons (Fsp3) is 0.556. The number of nitrogens with zero attached hydrogens (tertiary/aromatic N) is 4. The maximum Gasteiger partial charge on any atom is 0.237 e. The Hall–Kier alpha value is -2.06. The van der Waals surface area contributed by atoms with Crippen LogP contribution in [0.25, 0.3) is 0 Å². The predicted molar refractivity (Wildman–Crippen MR) is 103 cm³/mol. The summed E-state index contributed by atoms with van der Waals surface area (Å²) in [5, 5.41) is 16.8. The summed E-state index contributed by atoms with van der Waals surface area (Å²) < 4.78 is 0. The molecule has 0 saturated carbocycles. The molecular weight excluding hydrogens is 348 g/mol. The van der Waals surface area contributed by atoms with Crippen molar-refractivity contribution in [1.29, 1.82) is 0 Å². The number of hydrogen-bond acceptors (Lipinski definition) is 7. The van der Waals surface area contributed by atoms with Crippen LogP contribution in [0.5, 0.6) is 0 Å². The van der Waals surface area contributed by atoms with Crippen molar-refractivity contribution in [3.63, 3.8) is 0 Å². The minimum atomic E-state index is -0.141. The molecule has 3 heterocycles. The summed E-state index contributed by atoms with van der Waals surface area (Å²) in [4.78, 5) is 18.8. The predicted octanol–water partition coefficient (Wildman–Crippen LogP) is 2.25. The third-order valence-corrected chi connectivity index (χ3v) is 5.61. The molecule has 1 fully saturated rings. The van der Waals surface area contributed by atoms with E-state index < -0.39 is 0 Å². The molecule has 2 aromatic heterocycles. The smallest absolute Gasteiger partial charge is 0.237 e. The number of anilines is 1. The van der Waals surface area contributed by atoms with Gasteiger partial charge in [-0.15, -0.1) is 10.2 Å². The number of hydrogen-bond donors (Lipinski definition) is 2. The number of likely N-dealkylation sites (tertiary alicyclic amines) is 1. The number of carbonyl (C=O) groups is 1. The van der Waals surface area contributed by atoms with E-state index in [1.807, 2.05) is 19.1 Å². The normalized spacial score (nSPS) is 20.5. The maximum absolute atomic E-state index is 12.5. The summed E-state index contributed by atoms with van der Waals surface area (Å²) in [5.74, 6) is 0.462. The van der Waals surface area contributed by atoms with Crippen LogP contribution in [0.2, 0.25) is 0 Å². The molecule has 8 heteroatoms. The Bertz CT molecular complexity index is 719. The molecule has 140 valence electrons. The SMILES string of the molecule is CCNC(=O)[C@@H]1C[C@H](Nc2nnc(C(C)C)s2)CN1Cc1ccncc1. The van der Waals surface area contributed by atoms with Gasteiger partial charge >= 0.3 is 0 Å². The molecule has 0 aromatic carbocycles. The average molecular weight is 375 g/mol. The van der Waals surface area contributed by atoms with Gasteiger partial charge in [0.15, 0.2) is 0 Å². The van der Waals surface area contributed by atoms with Crippen LogP contribution in [0.1, 0.15) is 43.7 Å². The van der Waals surface area contributed by atoms with E-state index in [9.17, 15) is 4.79 Å². The van der Waals surface area contributed by atoms with E-state index in [2.05, 4.69) is 44.6 Å².